The van der Waals surface area contributed by atoms with Gasteiger partial charge in [0.05, 0.1) is 6.61 Å². The van der Waals surface area contributed by atoms with Crippen LogP contribution in [0.2, 0.25) is 0 Å². The molecule has 25 heavy (non-hydrogen) atoms. The number of ether oxygens (including phenoxy) is 1. The Kier molecular flexibility index (Phi) is 8.42. The summed E-state index contributed by atoms with van der Waals surface area (Å²) in [6, 6.07) is 6.20. The van der Waals surface area contributed by atoms with Crippen LogP contribution < -0.4 is 16.2 Å². The van der Waals surface area contributed by atoms with Gasteiger partial charge in [0.1, 0.15) is 0 Å². The molecule has 0 spiro atoms. The quantitative estimate of drug-likeness (QED) is 0.391. The molecule has 0 fully saturated rings. The number of hydrazine groups is 1. The summed E-state index contributed by atoms with van der Waals surface area (Å²) < 4.78 is 4.62. The van der Waals surface area contributed by atoms with Crippen molar-refractivity contribution in [2.75, 3.05) is 11.9 Å². The number of hydrogen-bond donors (Lipinski definition) is 3. The number of carbonyl (C=O) groups is 4. The van der Waals surface area contributed by atoms with E-state index in [2.05, 4.69) is 20.9 Å². The molecule has 0 saturated carbocycles. The molecule has 0 bridgehead atoms. The third-order valence-corrected chi connectivity index (χ3v) is 2.86. The topological polar surface area (TPSA) is 114 Å². The highest BCUT2D eigenvalue weighted by molar-refractivity contribution is 5.99. The fourth-order valence-electron chi connectivity index (χ4n) is 1.72. The van der Waals surface area contributed by atoms with Gasteiger partial charge in [-0.3, -0.25) is 25.2 Å². The Labute approximate surface area is 145 Å². The maximum atomic E-state index is 11.9. The third-order valence-electron chi connectivity index (χ3n) is 2.86. The van der Waals surface area contributed by atoms with Crippen molar-refractivity contribution < 1.29 is 23.9 Å². The van der Waals surface area contributed by atoms with Gasteiger partial charge in [0.25, 0.3) is 11.8 Å². The summed E-state index contributed by atoms with van der Waals surface area (Å²) in [7, 11) is 0. The molecule has 3 N–H and O–H groups in total. The average Bonchev–Trinajstić information content (AvgIpc) is 2.59. The molecular formula is C17H21N3O5. The normalized spacial score (nSPS) is 10.2. The van der Waals surface area contributed by atoms with Crippen LogP contribution in [-0.2, 0) is 19.1 Å². The minimum atomic E-state index is -0.676. The van der Waals surface area contributed by atoms with Crippen molar-refractivity contribution in [3.8, 4) is 0 Å². The Hall–Kier alpha value is -3.16. The second-order valence-corrected chi connectivity index (χ2v) is 4.90. The second kappa shape index (κ2) is 10.6. The van der Waals surface area contributed by atoms with Crippen LogP contribution in [0.1, 0.15) is 37.0 Å². The molecule has 0 radical (unpaired) electrons. The first-order chi connectivity index (χ1) is 12.0. The van der Waals surface area contributed by atoms with E-state index in [-0.39, 0.29) is 12.5 Å². The summed E-state index contributed by atoms with van der Waals surface area (Å²) in [4.78, 5) is 45.9. The van der Waals surface area contributed by atoms with Crippen LogP contribution in [0, 0.1) is 0 Å². The van der Waals surface area contributed by atoms with E-state index in [0.29, 0.717) is 17.7 Å². The lowest BCUT2D eigenvalue weighted by Crippen LogP contribution is -2.40. The predicted molar refractivity (Wildman–Crippen MR) is 91.4 cm³/mol. The molecule has 8 heteroatoms. The minimum absolute atomic E-state index is 0.0969. The number of anilines is 1. The van der Waals surface area contributed by atoms with E-state index in [4.69, 9.17) is 0 Å². The number of benzene rings is 1. The van der Waals surface area contributed by atoms with Crippen LogP contribution in [0.3, 0.4) is 0 Å². The van der Waals surface area contributed by atoms with Gasteiger partial charge in [-0.05, 0) is 37.6 Å². The monoisotopic (exact) mass is 347 g/mol. The number of rotatable bonds is 7. The summed E-state index contributed by atoms with van der Waals surface area (Å²) in [6.07, 6.45) is 3.08. The largest absolute Gasteiger partial charge is 0.463 e. The first-order valence-electron chi connectivity index (χ1n) is 7.81. The number of carbonyl (C=O) groups excluding carboxylic acids is 4. The Bertz CT molecular complexity index is 653. The molecule has 0 heterocycles. The fraction of sp³-hybridized carbons (Fsp3) is 0.294. The SMILES string of the molecule is CCCC(=O)Nc1ccc(C(=O)NNC(=O)/C=C/C(=O)OCC)cc1. The van der Waals surface area contributed by atoms with Crippen molar-refractivity contribution in [2.24, 2.45) is 0 Å². The average molecular weight is 347 g/mol. The van der Waals surface area contributed by atoms with Crippen molar-refractivity contribution in [3.05, 3.63) is 42.0 Å². The Morgan fingerprint density at radius 2 is 1.68 bits per heavy atom. The van der Waals surface area contributed by atoms with Crippen LogP contribution in [0.5, 0.6) is 0 Å². The zero-order valence-electron chi connectivity index (χ0n) is 14.1. The van der Waals surface area contributed by atoms with Crippen molar-refractivity contribution in [2.45, 2.75) is 26.7 Å². The van der Waals surface area contributed by atoms with Crippen molar-refractivity contribution in [1.29, 1.82) is 0 Å². The third kappa shape index (κ3) is 7.78. The summed E-state index contributed by atoms with van der Waals surface area (Å²) in [5.74, 6) is -1.96. The van der Waals surface area contributed by atoms with Gasteiger partial charge in [-0.2, -0.15) is 0 Å². The van der Waals surface area contributed by atoms with E-state index < -0.39 is 17.8 Å². The second-order valence-electron chi connectivity index (χ2n) is 4.90. The predicted octanol–water partition coefficient (Wildman–Crippen LogP) is 1.31. The van der Waals surface area contributed by atoms with Gasteiger partial charge in [0.15, 0.2) is 0 Å². The van der Waals surface area contributed by atoms with Crippen molar-refractivity contribution >= 4 is 29.4 Å². The highest BCUT2D eigenvalue weighted by Crippen LogP contribution is 2.10. The molecule has 8 nitrogen and oxygen atoms in total. The lowest BCUT2D eigenvalue weighted by Gasteiger charge is -2.07. The van der Waals surface area contributed by atoms with Gasteiger partial charge in [-0.25, -0.2) is 4.79 Å². The zero-order valence-corrected chi connectivity index (χ0v) is 14.1. The molecule has 1 rings (SSSR count). The summed E-state index contributed by atoms with van der Waals surface area (Å²) >= 11 is 0. The smallest absolute Gasteiger partial charge is 0.330 e. The van der Waals surface area contributed by atoms with Crippen LogP contribution in [0.15, 0.2) is 36.4 Å². The lowest BCUT2D eigenvalue weighted by molar-refractivity contribution is -0.137. The molecule has 0 aliphatic carbocycles. The molecule has 0 unspecified atom stereocenters. The van der Waals surface area contributed by atoms with Crippen LogP contribution in [-0.4, -0.2) is 30.3 Å². The zero-order chi connectivity index (χ0) is 18.7. The van der Waals surface area contributed by atoms with Crippen molar-refractivity contribution in [3.63, 3.8) is 0 Å². The maximum Gasteiger partial charge on any atom is 0.330 e. The van der Waals surface area contributed by atoms with Gasteiger partial charge >= 0.3 is 5.97 Å². The van der Waals surface area contributed by atoms with E-state index in [1.807, 2.05) is 6.92 Å². The van der Waals surface area contributed by atoms with Crippen molar-refractivity contribution in [1.82, 2.24) is 10.9 Å². The summed E-state index contributed by atoms with van der Waals surface area (Å²) in [5.41, 5.74) is 5.22. The van der Waals surface area contributed by atoms with Gasteiger partial charge in [0.2, 0.25) is 5.91 Å². The van der Waals surface area contributed by atoms with Gasteiger partial charge in [-0.1, -0.05) is 6.92 Å². The van der Waals surface area contributed by atoms with E-state index in [9.17, 15) is 19.2 Å². The number of amides is 3. The molecule has 134 valence electrons. The highest BCUT2D eigenvalue weighted by Gasteiger charge is 2.07. The highest BCUT2D eigenvalue weighted by atomic mass is 16.5. The number of esters is 1. The molecule has 3 amide bonds. The van der Waals surface area contributed by atoms with Crippen LogP contribution in [0.25, 0.3) is 0 Å². The molecule has 0 aromatic heterocycles. The Balaban J connectivity index is 2.48. The lowest BCUT2D eigenvalue weighted by atomic mass is 10.2. The van der Waals surface area contributed by atoms with Gasteiger partial charge < -0.3 is 10.1 Å². The maximum absolute atomic E-state index is 11.9. The molecular weight excluding hydrogens is 326 g/mol. The Morgan fingerprint density at radius 1 is 1.00 bits per heavy atom. The minimum Gasteiger partial charge on any atom is -0.463 e. The molecule has 0 saturated heterocycles. The van der Waals surface area contributed by atoms with Crippen LogP contribution in [0.4, 0.5) is 5.69 Å². The van der Waals surface area contributed by atoms with E-state index >= 15 is 0 Å². The van der Waals surface area contributed by atoms with E-state index in [1.54, 1.807) is 19.1 Å². The van der Waals surface area contributed by atoms with Gasteiger partial charge in [0, 0.05) is 29.8 Å². The summed E-state index contributed by atoms with van der Waals surface area (Å²) in [6.45, 7) is 3.76. The molecule has 0 aliphatic heterocycles. The number of nitrogens with one attached hydrogen (secondary N) is 3. The standard InChI is InChI=1S/C17H21N3O5/c1-3-5-14(21)18-13-8-6-12(7-9-13)17(24)20-19-15(22)10-11-16(23)25-4-2/h6-11H,3-5H2,1-2H3,(H,18,21)(H,19,22)(H,20,24)/b11-10+. The van der Waals surface area contributed by atoms with Crippen LogP contribution >= 0.6 is 0 Å². The molecule has 0 atom stereocenters. The first kappa shape index (κ1) is 19.9. The Morgan fingerprint density at radius 3 is 2.28 bits per heavy atom. The fourth-order valence-corrected chi connectivity index (χ4v) is 1.72. The van der Waals surface area contributed by atoms with E-state index in [0.717, 1.165) is 18.6 Å². The first-order valence-corrected chi connectivity index (χ1v) is 7.81. The summed E-state index contributed by atoms with van der Waals surface area (Å²) in [5, 5.41) is 2.70. The molecule has 1 aromatic rings. The van der Waals surface area contributed by atoms with Gasteiger partial charge in [-0.15, -0.1) is 0 Å². The molecule has 0 aliphatic rings. The molecule has 1 aromatic carbocycles. The number of hydrogen-bond acceptors (Lipinski definition) is 5. The van der Waals surface area contributed by atoms with E-state index in [1.165, 1.54) is 12.1 Å².